The van der Waals surface area contributed by atoms with Crippen molar-refractivity contribution in [2.45, 2.75) is 101 Å². The lowest BCUT2D eigenvalue weighted by molar-refractivity contribution is -0.0651. The summed E-state index contributed by atoms with van der Waals surface area (Å²) in [6.07, 6.45) is -0.412. The van der Waals surface area contributed by atoms with E-state index in [9.17, 15) is 25.5 Å². The molecule has 0 aromatic carbocycles. The lowest BCUT2D eigenvalue weighted by atomic mass is 10.00. The van der Waals surface area contributed by atoms with Crippen molar-refractivity contribution < 1.29 is 25.5 Å². The molecule has 0 radical (unpaired) electrons. The fourth-order valence-electron chi connectivity index (χ4n) is 3.25. The third kappa shape index (κ3) is 7.72. The van der Waals surface area contributed by atoms with Crippen molar-refractivity contribution in [2.75, 3.05) is 6.54 Å². The Balaban J connectivity index is 2.69. The van der Waals surface area contributed by atoms with E-state index >= 15 is 0 Å². The monoisotopic (exact) mass is 392 g/mol. The molecule has 0 spiro atoms. The molecule has 1 aliphatic carbocycles. The summed E-state index contributed by atoms with van der Waals surface area (Å²) in [4.78, 5) is 0.654. The van der Waals surface area contributed by atoms with Gasteiger partial charge in [-0.3, -0.25) is 0 Å². The molecule has 26 heavy (non-hydrogen) atoms. The van der Waals surface area contributed by atoms with Crippen molar-refractivity contribution in [1.82, 2.24) is 10.6 Å². The maximum Gasteiger partial charge on any atom is 0.107 e. The zero-order chi connectivity index (χ0) is 19.7. The first-order valence-corrected chi connectivity index (χ1v) is 10.1. The molecule has 1 saturated carbocycles. The third-order valence-electron chi connectivity index (χ3n) is 5.04. The summed E-state index contributed by atoms with van der Waals surface area (Å²) < 4.78 is 0. The Morgan fingerprint density at radius 1 is 1.12 bits per heavy atom. The summed E-state index contributed by atoms with van der Waals surface area (Å²) in [5.74, 6) is 0. The molecule has 0 aromatic heterocycles. The number of thiocarbonyl (C=S) groups is 1. The first kappa shape index (κ1) is 23.7. The van der Waals surface area contributed by atoms with Gasteiger partial charge in [-0.1, -0.05) is 26.1 Å². The number of hydrogen-bond acceptors (Lipinski definition) is 7. The minimum atomic E-state index is -1.19. The van der Waals surface area contributed by atoms with Gasteiger partial charge >= 0.3 is 0 Å². The largest absolute Gasteiger partial charge is 0.393 e. The van der Waals surface area contributed by atoms with Gasteiger partial charge in [0.1, 0.15) is 6.10 Å². The van der Waals surface area contributed by atoms with Crippen LogP contribution in [0.25, 0.3) is 0 Å². The molecule has 1 fully saturated rings. The molecule has 0 bridgehead atoms. The second-order valence-corrected chi connectivity index (χ2v) is 7.78. The quantitative estimate of drug-likeness (QED) is 0.202. The van der Waals surface area contributed by atoms with Crippen molar-refractivity contribution in [3.8, 4) is 0 Å². The van der Waals surface area contributed by atoms with Crippen LogP contribution in [0.15, 0.2) is 0 Å². The number of nitrogens with one attached hydrogen (secondary N) is 2. The molecule has 0 aliphatic heterocycles. The van der Waals surface area contributed by atoms with Gasteiger partial charge in [0.05, 0.1) is 35.4 Å². The molecular formula is C18H36N2O5S. The Hall–Kier alpha value is -0.350. The van der Waals surface area contributed by atoms with Crippen LogP contribution in [0.1, 0.15) is 58.8 Å². The molecule has 7 unspecified atom stereocenters. The van der Waals surface area contributed by atoms with E-state index in [0.717, 1.165) is 6.42 Å². The van der Waals surface area contributed by atoms with Crippen LogP contribution < -0.4 is 10.6 Å². The van der Waals surface area contributed by atoms with Gasteiger partial charge in [0.15, 0.2) is 0 Å². The average molecular weight is 393 g/mol. The van der Waals surface area contributed by atoms with Gasteiger partial charge in [-0.2, -0.15) is 0 Å². The molecule has 0 aromatic rings. The summed E-state index contributed by atoms with van der Waals surface area (Å²) in [5.41, 5.74) is 0. The highest BCUT2D eigenvalue weighted by Gasteiger charge is 2.34. The van der Waals surface area contributed by atoms with E-state index in [0.29, 0.717) is 43.6 Å². The van der Waals surface area contributed by atoms with Gasteiger partial charge in [-0.15, -0.1) is 0 Å². The maximum atomic E-state index is 10.5. The Labute approximate surface area is 161 Å². The standard InChI is InChI=1S/C18H36N2O5S/c1-3-6-16(26)20-13(15(23)9-11(21)4-2)10-19-12-7-5-8-14(22)18(25)17(12)24/h11-15,17-19,21-25H,3-10H2,1-2H3,(H,20,26). The van der Waals surface area contributed by atoms with Crippen LogP contribution in [0.4, 0.5) is 0 Å². The normalized spacial score (nSPS) is 30.3. The molecule has 0 saturated heterocycles. The smallest absolute Gasteiger partial charge is 0.107 e. The summed E-state index contributed by atoms with van der Waals surface area (Å²) in [5, 5.41) is 56.7. The Morgan fingerprint density at radius 2 is 1.81 bits per heavy atom. The number of aliphatic hydroxyl groups is 5. The van der Waals surface area contributed by atoms with Gasteiger partial charge in [0.25, 0.3) is 0 Å². The van der Waals surface area contributed by atoms with E-state index in [1.54, 1.807) is 0 Å². The van der Waals surface area contributed by atoms with Gasteiger partial charge < -0.3 is 36.2 Å². The molecule has 154 valence electrons. The van der Waals surface area contributed by atoms with Crippen molar-refractivity contribution in [3.63, 3.8) is 0 Å². The van der Waals surface area contributed by atoms with E-state index in [-0.39, 0.29) is 12.5 Å². The molecule has 8 heteroatoms. The second-order valence-electron chi connectivity index (χ2n) is 7.28. The highest BCUT2D eigenvalue weighted by molar-refractivity contribution is 7.80. The molecule has 7 atom stereocenters. The minimum absolute atomic E-state index is 0.235. The molecular weight excluding hydrogens is 356 g/mol. The van der Waals surface area contributed by atoms with Gasteiger partial charge in [0.2, 0.25) is 0 Å². The van der Waals surface area contributed by atoms with Gasteiger partial charge in [-0.05, 0) is 38.5 Å². The fraction of sp³-hybridized carbons (Fsp3) is 0.944. The van der Waals surface area contributed by atoms with Crippen molar-refractivity contribution in [3.05, 3.63) is 0 Å². The first-order valence-electron chi connectivity index (χ1n) is 9.73. The van der Waals surface area contributed by atoms with E-state index in [1.165, 1.54) is 0 Å². The highest BCUT2D eigenvalue weighted by atomic mass is 32.1. The predicted molar refractivity (Wildman–Crippen MR) is 105 cm³/mol. The minimum Gasteiger partial charge on any atom is -0.393 e. The van der Waals surface area contributed by atoms with Crippen LogP contribution in [-0.4, -0.2) is 79.7 Å². The van der Waals surface area contributed by atoms with Crippen LogP contribution in [0.5, 0.6) is 0 Å². The highest BCUT2D eigenvalue weighted by Crippen LogP contribution is 2.19. The van der Waals surface area contributed by atoms with Crippen molar-refractivity contribution >= 4 is 17.2 Å². The van der Waals surface area contributed by atoms with Crippen LogP contribution >= 0.6 is 12.2 Å². The molecule has 1 rings (SSSR count). The molecule has 7 nitrogen and oxygen atoms in total. The van der Waals surface area contributed by atoms with Crippen LogP contribution in [0, 0.1) is 0 Å². The number of rotatable bonds is 10. The topological polar surface area (TPSA) is 125 Å². The molecule has 1 aliphatic rings. The summed E-state index contributed by atoms with van der Waals surface area (Å²) in [6.45, 7) is 4.20. The molecule has 0 amide bonds. The Kier molecular flexibility index (Phi) is 11.1. The van der Waals surface area contributed by atoms with E-state index in [2.05, 4.69) is 10.6 Å². The first-order chi connectivity index (χ1) is 12.3. The van der Waals surface area contributed by atoms with E-state index < -0.39 is 36.6 Å². The summed E-state index contributed by atoms with van der Waals surface area (Å²) in [7, 11) is 0. The lowest BCUT2D eigenvalue weighted by Crippen LogP contribution is -2.55. The SMILES string of the molecule is CCCC(=S)NC(CNC1CCCC(O)C(O)C1O)C(O)CC(O)CC. The van der Waals surface area contributed by atoms with Crippen LogP contribution in [-0.2, 0) is 0 Å². The van der Waals surface area contributed by atoms with Crippen molar-refractivity contribution in [2.24, 2.45) is 0 Å². The zero-order valence-corrected chi connectivity index (χ0v) is 16.7. The number of aliphatic hydroxyl groups excluding tert-OH is 5. The maximum absolute atomic E-state index is 10.5. The summed E-state index contributed by atoms with van der Waals surface area (Å²) in [6, 6.07) is -0.790. The van der Waals surface area contributed by atoms with Crippen LogP contribution in [0.3, 0.4) is 0 Å². The Bertz CT molecular complexity index is 415. The fourth-order valence-corrected chi connectivity index (χ4v) is 3.61. The lowest BCUT2D eigenvalue weighted by Gasteiger charge is -2.31. The van der Waals surface area contributed by atoms with Gasteiger partial charge in [-0.25, -0.2) is 0 Å². The molecule has 0 heterocycles. The third-order valence-corrected chi connectivity index (χ3v) is 5.37. The van der Waals surface area contributed by atoms with Crippen molar-refractivity contribution in [1.29, 1.82) is 0 Å². The van der Waals surface area contributed by atoms with Gasteiger partial charge in [0, 0.05) is 19.0 Å². The van der Waals surface area contributed by atoms with E-state index in [1.807, 2.05) is 13.8 Å². The number of hydrogen-bond donors (Lipinski definition) is 7. The average Bonchev–Trinajstić information content (AvgIpc) is 2.72. The second kappa shape index (κ2) is 12.2. The zero-order valence-electron chi connectivity index (χ0n) is 15.8. The summed E-state index contributed by atoms with van der Waals surface area (Å²) >= 11 is 5.31. The molecule has 7 N–H and O–H groups in total. The predicted octanol–water partition coefficient (Wildman–Crippen LogP) is -0.181. The van der Waals surface area contributed by atoms with E-state index in [4.69, 9.17) is 12.2 Å². The Morgan fingerprint density at radius 3 is 2.42 bits per heavy atom. The van der Waals surface area contributed by atoms with Crippen LogP contribution in [0.2, 0.25) is 0 Å².